The first-order chi connectivity index (χ1) is 6.67. The SMILES string of the molecule is O=C(O)C1(C2CCCC2O)CCCC1. The summed E-state index contributed by atoms with van der Waals surface area (Å²) in [7, 11) is 0. The second-order valence-electron chi connectivity index (χ2n) is 4.77. The molecule has 0 saturated heterocycles. The maximum Gasteiger partial charge on any atom is 0.310 e. The normalized spacial score (nSPS) is 36.1. The highest BCUT2D eigenvalue weighted by atomic mass is 16.4. The van der Waals surface area contributed by atoms with E-state index in [1.807, 2.05) is 0 Å². The topological polar surface area (TPSA) is 57.5 Å². The van der Waals surface area contributed by atoms with Gasteiger partial charge in [0.25, 0.3) is 0 Å². The van der Waals surface area contributed by atoms with Crippen molar-refractivity contribution < 1.29 is 15.0 Å². The van der Waals surface area contributed by atoms with Crippen LogP contribution in [0.4, 0.5) is 0 Å². The molecule has 2 fully saturated rings. The first-order valence-electron chi connectivity index (χ1n) is 5.58. The molecule has 0 aromatic heterocycles. The number of carboxylic acids is 1. The lowest BCUT2D eigenvalue weighted by Gasteiger charge is -2.32. The molecule has 2 aliphatic carbocycles. The van der Waals surface area contributed by atoms with Gasteiger partial charge in [0.1, 0.15) is 0 Å². The number of aliphatic carboxylic acids is 1. The second kappa shape index (κ2) is 3.54. The summed E-state index contributed by atoms with van der Waals surface area (Å²) < 4.78 is 0. The lowest BCUT2D eigenvalue weighted by molar-refractivity contribution is -0.154. The number of carboxylic acid groups (broad SMARTS) is 1. The maximum atomic E-state index is 11.3. The van der Waals surface area contributed by atoms with E-state index in [0.717, 1.165) is 44.9 Å². The van der Waals surface area contributed by atoms with E-state index in [1.165, 1.54) is 0 Å². The van der Waals surface area contributed by atoms with Crippen LogP contribution < -0.4 is 0 Å². The molecule has 0 radical (unpaired) electrons. The van der Waals surface area contributed by atoms with Crippen molar-refractivity contribution in [2.75, 3.05) is 0 Å². The van der Waals surface area contributed by atoms with Crippen LogP contribution in [-0.2, 0) is 4.79 Å². The Morgan fingerprint density at radius 1 is 1.14 bits per heavy atom. The Morgan fingerprint density at radius 2 is 1.79 bits per heavy atom. The third-order valence-electron chi connectivity index (χ3n) is 4.11. The van der Waals surface area contributed by atoms with E-state index in [-0.39, 0.29) is 12.0 Å². The molecular formula is C11H18O3. The standard InChI is InChI=1S/C11H18O3/c12-9-5-3-4-8(9)11(10(13)14)6-1-2-7-11/h8-9,12H,1-7H2,(H,13,14). The van der Waals surface area contributed by atoms with Crippen LogP contribution in [-0.4, -0.2) is 22.3 Å². The number of hydrogen-bond acceptors (Lipinski definition) is 2. The zero-order valence-electron chi connectivity index (χ0n) is 8.41. The van der Waals surface area contributed by atoms with Crippen LogP contribution in [0.5, 0.6) is 0 Å². The summed E-state index contributed by atoms with van der Waals surface area (Å²) in [4.78, 5) is 11.3. The van der Waals surface area contributed by atoms with Gasteiger partial charge in [-0.25, -0.2) is 0 Å². The molecule has 3 heteroatoms. The number of rotatable bonds is 2. The predicted molar refractivity (Wildman–Crippen MR) is 51.9 cm³/mol. The highest BCUT2D eigenvalue weighted by molar-refractivity contribution is 5.75. The quantitative estimate of drug-likeness (QED) is 0.711. The summed E-state index contributed by atoms with van der Waals surface area (Å²) in [6.07, 6.45) is 5.86. The van der Waals surface area contributed by atoms with Crippen LogP contribution in [0.25, 0.3) is 0 Å². The number of hydrogen-bond donors (Lipinski definition) is 2. The zero-order valence-corrected chi connectivity index (χ0v) is 8.41. The zero-order chi connectivity index (χ0) is 10.2. The van der Waals surface area contributed by atoms with Crippen molar-refractivity contribution in [2.24, 2.45) is 11.3 Å². The van der Waals surface area contributed by atoms with Gasteiger partial charge in [-0.3, -0.25) is 4.79 Å². The Balaban J connectivity index is 2.21. The molecule has 2 rings (SSSR count). The van der Waals surface area contributed by atoms with Gasteiger partial charge in [-0.2, -0.15) is 0 Å². The Labute approximate surface area is 84.1 Å². The fraction of sp³-hybridized carbons (Fsp3) is 0.909. The Bertz CT molecular complexity index is 231. The minimum absolute atomic E-state index is 0.0162. The van der Waals surface area contributed by atoms with E-state index in [9.17, 15) is 15.0 Å². The molecule has 2 unspecified atom stereocenters. The smallest absolute Gasteiger partial charge is 0.310 e. The van der Waals surface area contributed by atoms with Gasteiger partial charge in [0.15, 0.2) is 0 Å². The first kappa shape index (κ1) is 9.97. The molecular weight excluding hydrogens is 180 g/mol. The third kappa shape index (κ3) is 1.34. The van der Waals surface area contributed by atoms with Crippen LogP contribution in [0.1, 0.15) is 44.9 Å². The predicted octanol–water partition coefficient (Wildman–Crippen LogP) is 1.79. The molecule has 2 saturated carbocycles. The van der Waals surface area contributed by atoms with Gasteiger partial charge in [0.05, 0.1) is 11.5 Å². The van der Waals surface area contributed by atoms with E-state index in [2.05, 4.69) is 0 Å². The van der Waals surface area contributed by atoms with Crippen molar-refractivity contribution in [3.05, 3.63) is 0 Å². The molecule has 3 nitrogen and oxygen atoms in total. The molecule has 2 N–H and O–H groups in total. The van der Waals surface area contributed by atoms with Crippen molar-refractivity contribution in [3.8, 4) is 0 Å². The molecule has 0 aromatic rings. The van der Waals surface area contributed by atoms with E-state index in [0.29, 0.717) is 0 Å². The average molecular weight is 198 g/mol. The van der Waals surface area contributed by atoms with Crippen molar-refractivity contribution in [2.45, 2.75) is 51.0 Å². The van der Waals surface area contributed by atoms with Crippen LogP contribution in [0, 0.1) is 11.3 Å². The summed E-state index contributed by atoms with van der Waals surface area (Å²) in [5, 5.41) is 19.1. The van der Waals surface area contributed by atoms with Crippen molar-refractivity contribution in [3.63, 3.8) is 0 Å². The van der Waals surface area contributed by atoms with Gasteiger partial charge < -0.3 is 10.2 Å². The third-order valence-corrected chi connectivity index (χ3v) is 4.11. The fourth-order valence-corrected chi connectivity index (χ4v) is 3.33. The second-order valence-corrected chi connectivity index (χ2v) is 4.77. The highest BCUT2D eigenvalue weighted by Crippen LogP contribution is 2.50. The number of carbonyl (C=O) groups is 1. The van der Waals surface area contributed by atoms with E-state index in [1.54, 1.807) is 0 Å². The van der Waals surface area contributed by atoms with Crippen molar-refractivity contribution in [1.82, 2.24) is 0 Å². The molecule has 2 atom stereocenters. The molecule has 0 spiro atoms. The van der Waals surface area contributed by atoms with Gasteiger partial charge in [0, 0.05) is 5.92 Å². The fourth-order valence-electron chi connectivity index (χ4n) is 3.33. The lowest BCUT2D eigenvalue weighted by atomic mass is 9.72. The van der Waals surface area contributed by atoms with Gasteiger partial charge in [-0.1, -0.05) is 19.3 Å². The largest absolute Gasteiger partial charge is 0.481 e. The molecule has 0 bridgehead atoms. The minimum atomic E-state index is -0.680. The highest BCUT2D eigenvalue weighted by Gasteiger charge is 2.51. The van der Waals surface area contributed by atoms with Gasteiger partial charge >= 0.3 is 5.97 Å². The summed E-state index contributed by atoms with van der Waals surface area (Å²) in [5.41, 5.74) is -0.587. The lowest BCUT2D eigenvalue weighted by Crippen LogP contribution is -2.39. The van der Waals surface area contributed by atoms with Gasteiger partial charge in [0.2, 0.25) is 0 Å². The van der Waals surface area contributed by atoms with E-state index < -0.39 is 11.4 Å². The Hall–Kier alpha value is -0.570. The average Bonchev–Trinajstić information content (AvgIpc) is 2.72. The monoisotopic (exact) mass is 198 g/mol. The van der Waals surface area contributed by atoms with Crippen LogP contribution in [0.15, 0.2) is 0 Å². The Kier molecular flexibility index (Phi) is 2.52. The van der Waals surface area contributed by atoms with Crippen LogP contribution >= 0.6 is 0 Å². The molecule has 2 aliphatic rings. The molecule has 80 valence electrons. The van der Waals surface area contributed by atoms with Crippen molar-refractivity contribution in [1.29, 1.82) is 0 Å². The molecule has 0 amide bonds. The summed E-state index contributed by atoms with van der Waals surface area (Å²) in [6, 6.07) is 0. The van der Waals surface area contributed by atoms with Crippen molar-refractivity contribution >= 4 is 5.97 Å². The molecule has 0 aromatic carbocycles. The Morgan fingerprint density at radius 3 is 2.21 bits per heavy atom. The van der Waals surface area contributed by atoms with Crippen LogP contribution in [0.2, 0.25) is 0 Å². The van der Waals surface area contributed by atoms with E-state index >= 15 is 0 Å². The molecule has 14 heavy (non-hydrogen) atoms. The number of aliphatic hydroxyl groups is 1. The van der Waals surface area contributed by atoms with Gasteiger partial charge in [-0.05, 0) is 25.7 Å². The summed E-state index contributed by atoms with van der Waals surface area (Å²) >= 11 is 0. The maximum absolute atomic E-state index is 11.3. The molecule has 0 heterocycles. The van der Waals surface area contributed by atoms with Crippen LogP contribution in [0.3, 0.4) is 0 Å². The summed E-state index contributed by atoms with van der Waals surface area (Å²) in [5.74, 6) is -0.663. The van der Waals surface area contributed by atoms with Gasteiger partial charge in [-0.15, -0.1) is 0 Å². The molecule has 0 aliphatic heterocycles. The minimum Gasteiger partial charge on any atom is -0.481 e. The van der Waals surface area contributed by atoms with E-state index in [4.69, 9.17) is 0 Å². The first-order valence-corrected chi connectivity index (χ1v) is 5.58. The summed E-state index contributed by atoms with van der Waals surface area (Å²) in [6.45, 7) is 0. The number of aliphatic hydroxyl groups excluding tert-OH is 1.